The molecule has 2 fully saturated rings. The van der Waals surface area contributed by atoms with Crippen LogP contribution in [0.3, 0.4) is 0 Å². The van der Waals surface area contributed by atoms with Gasteiger partial charge in [-0.2, -0.15) is 0 Å². The number of allylic oxidation sites excluding steroid dienone is 4. The lowest BCUT2D eigenvalue weighted by atomic mass is 9.82. The lowest BCUT2D eigenvalue weighted by molar-refractivity contribution is -0.160. The van der Waals surface area contributed by atoms with Crippen LogP contribution in [0.25, 0.3) is 0 Å². The maximum absolute atomic E-state index is 13.2. The number of β-lactam (4-membered cyclic amide) rings is 1. The second-order valence-corrected chi connectivity index (χ2v) is 13.8. The molecule has 1 N–H and O–H groups in total. The highest BCUT2D eigenvalue weighted by Crippen LogP contribution is 2.47. The van der Waals surface area contributed by atoms with E-state index in [1.807, 2.05) is 19.9 Å². The largest absolute Gasteiger partial charge is 0.477 e. The van der Waals surface area contributed by atoms with Crippen LogP contribution in [0.4, 0.5) is 4.79 Å². The van der Waals surface area contributed by atoms with Gasteiger partial charge in [-0.1, -0.05) is 41.3 Å². The number of rotatable bonds is 8. The number of carbonyl (C=O) groups excluding carboxylic acids is 2. The molecule has 2 amide bonds. The van der Waals surface area contributed by atoms with E-state index in [-0.39, 0.29) is 37.0 Å². The van der Waals surface area contributed by atoms with E-state index in [1.54, 1.807) is 4.90 Å². The number of ether oxygens (including phenoxy) is 2. The lowest BCUT2D eigenvalue weighted by Crippen LogP contribution is -2.63. The first-order valence-electron chi connectivity index (χ1n) is 12.7. The molecule has 0 saturated carbocycles. The number of fused-ring (bicyclic) bond motifs is 1. The maximum atomic E-state index is 13.2. The normalized spacial score (nSPS) is 30.5. The summed E-state index contributed by atoms with van der Waals surface area (Å²) in [5.74, 6) is -1.76. The Morgan fingerprint density at radius 2 is 2.11 bits per heavy atom. The average Bonchev–Trinajstić information content (AvgIpc) is 3.33. The highest BCUT2D eigenvalue weighted by atomic mass is 28.4. The van der Waals surface area contributed by atoms with E-state index in [1.165, 1.54) is 21.7 Å². The highest BCUT2D eigenvalue weighted by molar-refractivity contribution is 6.85. The van der Waals surface area contributed by atoms with Crippen LogP contribution in [-0.2, 0) is 23.5 Å². The van der Waals surface area contributed by atoms with Crippen LogP contribution in [-0.4, -0.2) is 85.7 Å². The van der Waals surface area contributed by atoms with Gasteiger partial charge in [0, 0.05) is 6.54 Å². The van der Waals surface area contributed by atoms with Gasteiger partial charge in [-0.3, -0.25) is 9.69 Å². The molecule has 0 unspecified atom stereocenters. The number of carbonyl (C=O) groups is 3. The van der Waals surface area contributed by atoms with Gasteiger partial charge in [0.15, 0.2) is 0 Å². The SMILES string of the molecule is C=CCOC(=O)N1CCOC[C@H]1C=C(C)C1=C(C(=O)O)N2C(=O)[C@H]([C@@H](C)O[Si@]3(C)C=CC(C)=C3C)[C@H]2C1. The van der Waals surface area contributed by atoms with E-state index in [4.69, 9.17) is 13.9 Å². The Hall–Kier alpha value is -2.95. The number of hydrogen-bond acceptors (Lipinski definition) is 6. The van der Waals surface area contributed by atoms with Crippen LogP contribution in [0.1, 0.15) is 34.1 Å². The van der Waals surface area contributed by atoms with Crippen LogP contribution < -0.4 is 0 Å². The molecule has 200 valence electrons. The molecule has 10 heteroatoms. The maximum Gasteiger partial charge on any atom is 0.410 e. The van der Waals surface area contributed by atoms with Gasteiger partial charge in [-0.25, -0.2) is 9.59 Å². The fraction of sp³-hybridized carbons (Fsp3) is 0.519. The van der Waals surface area contributed by atoms with Gasteiger partial charge in [-0.05, 0) is 51.8 Å². The van der Waals surface area contributed by atoms with E-state index in [2.05, 4.69) is 38.7 Å². The van der Waals surface area contributed by atoms with Gasteiger partial charge >= 0.3 is 12.1 Å². The van der Waals surface area contributed by atoms with Crippen LogP contribution >= 0.6 is 0 Å². The van der Waals surface area contributed by atoms with Crippen molar-refractivity contribution in [1.29, 1.82) is 0 Å². The average molecular weight is 529 g/mol. The molecular formula is C27H36N2O7Si. The summed E-state index contributed by atoms with van der Waals surface area (Å²) in [5.41, 5.74) is 4.66. The molecule has 4 aliphatic heterocycles. The van der Waals surface area contributed by atoms with Gasteiger partial charge < -0.3 is 23.9 Å². The zero-order valence-corrected chi connectivity index (χ0v) is 23.2. The van der Waals surface area contributed by atoms with Crippen molar-refractivity contribution >= 4 is 26.3 Å². The van der Waals surface area contributed by atoms with Crippen molar-refractivity contribution in [2.45, 2.75) is 58.9 Å². The summed E-state index contributed by atoms with van der Waals surface area (Å²) in [6.07, 6.45) is 5.04. The summed E-state index contributed by atoms with van der Waals surface area (Å²) in [4.78, 5) is 41.0. The molecule has 0 radical (unpaired) electrons. The van der Waals surface area contributed by atoms with Crippen LogP contribution in [0.15, 0.2) is 58.1 Å². The van der Waals surface area contributed by atoms with E-state index in [9.17, 15) is 19.5 Å². The first-order valence-corrected chi connectivity index (χ1v) is 15.1. The minimum Gasteiger partial charge on any atom is -0.477 e. The Morgan fingerprint density at radius 3 is 2.73 bits per heavy atom. The molecule has 9 nitrogen and oxygen atoms in total. The molecule has 0 aromatic heterocycles. The molecular weight excluding hydrogens is 492 g/mol. The molecule has 5 atom stereocenters. The van der Waals surface area contributed by atoms with Crippen molar-refractivity contribution in [1.82, 2.24) is 9.80 Å². The minimum atomic E-state index is -2.25. The van der Waals surface area contributed by atoms with E-state index in [0.717, 1.165) is 0 Å². The molecule has 4 rings (SSSR count). The molecule has 4 heterocycles. The standard InChI is InChI=1S/C27H36N2O7Si/c1-7-10-35-27(33)28-9-11-34-15-20(28)13-17(3)21-14-22-23(25(30)29(22)24(21)26(31)32)18(4)36-37(6)12-8-16(2)19(37)5/h7-8,12-13,18,20,22-23H,1,9-11,14-15H2,2-6H3,(H,31,32)/t18-,20-,22-,23-,37-/m1/s1. The summed E-state index contributed by atoms with van der Waals surface area (Å²) in [6, 6.07) is -0.676. The van der Waals surface area contributed by atoms with Gasteiger partial charge in [-0.15, -0.1) is 0 Å². The number of aliphatic carboxylic acids is 1. The van der Waals surface area contributed by atoms with E-state index >= 15 is 0 Å². The summed E-state index contributed by atoms with van der Waals surface area (Å²) in [5, 5.41) is 11.3. The van der Waals surface area contributed by atoms with Crippen LogP contribution in [0, 0.1) is 5.92 Å². The second-order valence-electron chi connectivity index (χ2n) is 10.3. The second kappa shape index (κ2) is 10.4. The van der Waals surface area contributed by atoms with Gasteiger partial charge in [0.25, 0.3) is 0 Å². The third kappa shape index (κ3) is 4.85. The number of hydrogen-bond donors (Lipinski definition) is 1. The Labute approximate surface area is 218 Å². The molecule has 0 aromatic rings. The van der Waals surface area contributed by atoms with Gasteiger partial charge in [0.1, 0.15) is 12.3 Å². The molecule has 2 saturated heterocycles. The third-order valence-corrected chi connectivity index (χ3v) is 11.5. The molecule has 0 bridgehead atoms. The summed E-state index contributed by atoms with van der Waals surface area (Å²) < 4.78 is 17.3. The monoisotopic (exact) mass is 528 g/mol. The van der Waals surface area contributed by atoms with Crippen molar-refractivity contribution < 1.29 is 33.4 Å². The predicted molar refractivity (Wildman–Crippen MR) is 140 cm³/mol. The Bertz CT molecular complexity index is 1140. The van der Waals surface area contributed by atoms with Crippen LogP contribution in [0.2, 0.25) is 6.55 Å². The highest BCUT2D eigenvalue weighted by Gasteiger charge is 2.58. The van der Waals surface area contributed by atoms with Crippen molar-refractivity contribution in [2.75, 3.05) is 26.4 Å². The minimum absolute atomic E-state index is 0.0147. The Kier molecular flexibility index (Phi) is 7.64. The number of morpholine rings is 1. The van der Waals surface area contributed by atoms with Gasteiger partial charge in [0.05, 0.1) is 37.3 Å². The fourth-order valence-electron chi connectivity index (χ4n) is 5.71. The molecule has 0 aliphatic carbocycles. The first kappa shape index (κ1) is 27.1. The molecule has 4 aliphatic rings. The van der Waals surface area contributed by atoms with Crippen molar-refractivity contribution in [3.63, 3.8) is 0 Å². The molecule has 0 aromatic carbocycles. The number of amides is 2. The van der Waals surface area contributed by atoms with E-state index in [0.29, 0.717) is 30.7 Å². The predicted octanol–water partition coefficient (Wildman–Crippen LogP) is 3.49. The summed E-state index contributed by atoms with van der Waals surface area (Å²) in [7, 11) is -2.25. The zero-order valence-electron chi connectivity index (χ0n) is 22.2. The quantitative estimate of drug-likeness (QED) is 0.292. The summed E-state index contributed by atoms with van der Waals surface area (Å²) >= 11 is 0. The summed E-state index contributed by atoms with van der Waals surface area (Å²) in [6.45, 7) is 14.7. The van der Waals surface area contributed by atoms with Crippen molar-refractivity contribution in [3.8, 4) is 0 Å². The third-order valence-electron chi connectivity index (χ3n) is 7.98. The lowest BCUT2D eigenvalue weighted by Gasteiger charge is -2.47. The van der Waals surface area contributed by atoms with E-state index < -0.39 is 32.3 Å². The van der Waals surface area contributed by atoms with Crippen molar-refractivity contribution in [2.24, 2.45) is 5.92 Å². The Balaban J connectivity index is 1.54. The zero-order chi connectivity index (χ0) is 27.1. The smallest absolute Gasteiger partial charge is 0.410 e. The van der Waals surface area contributed by atoms with Crippen LogP contribution in [0.5, 0.6) is 0 Å². The molecule has 37 heavy (non-hydrogen) atoms. The first-order chi connectivity index (χ1) is 17.5. The van der Waals surface area contributed by atoms with Crippen molar-refractivity contribution in [3.05, 3.63) is 58.1 Å². The Morgan fingerprint density at radius 1 is 1.38 bits per heavy atom. The van der Waals surface area contributed by atoms with Gasteiger partial charge in [0.2, 0.25) is 14.2 Å². The fourth-order valence-corrected chi connectivity index (χ4v) is 8.57. The molecule has 0 spiro atoms. The number of nitrogens with zero attached hydrogens (tertiary/aromatic N) is 2. The number of carboxylic acid groups (broad SMARTS) is 1. The topological polar surface area (TPSA) is 106 Å². The number of carboxylic acids is 1.